The number of carbonyl (C=O) groups is 1. The third-order valence-electron chi connectivity index (χ3n) is 4.47. The average Bonchev–Trinajstić information content (AvgIpc) is 3.05. The van der Waals surface area contributed by atoms with Crippen molar-refractivity contribution in [2.24, 2.45) is 0 Å². The first-order chi connectivity index (χ1) is 12.7. The van der Waals surface area contributed by atoms with Crippen LogP contribution >= 0.6 is 11.6 Å². The number of nitrogens with one attached hydrogen (secondary N) is 1. The van der Waals surface area contributed by atoms with Crippen LogP contribution in [0, 0.1) is 0 Å². The van der Waals surface area contributed by atoms with Crippen molar-refractivity contribution in [3.8, 4) is 11.4 Å². The smallest absolute Gasteiger partial charge is 0.226 e. The van der Waals surface area contributed by atoms with Crippen LogP contribution in [0.5, 0.6) is 5.75 Å². The number of fused-ring (bicyclic) bond motifs is 1. The maximum atomic E-state index is 12.4. The number of benzene rings is 2. The van der Waals surface area contributed by atoms with Crippen LogP contribution < -0.4 is 10.1 Å². The van der Waals surface area contributed by atoms with Crippen molar-refractivity contribution in [2.45, 2.75) is 19.3 Å². The van der Waals surface area contributed by atoms with Crippen molar-refractivity contribution in [1.82, 2.24) is 9.78 Å². The molecular weight excluding hydrogens is 350 g/mol. The second-order valence-corrected chi connectivity index (χ2v) is 6.55. The third-order valence-corrected chi connectivity index (χ3v) is 4.70. The summed E-state index contributed by atoms with van der Waals surface area (Å²) < 4.78 is 7.49. The van der Waals surface area contributed by atoms with E-state index in [1.165, 1.54) is 0 Å². The highest BCUT2D eigenvalue weighted by Gasteiger charge is 2.32. The summed E-state index contributed by atoms with van der Waals surface area (Å²) in [6.07, 6.45) is 2.17. The molecule has 0 fully saturated rings. The van der Waals surface area contributed by atoms with Crippen LogP contribution in [0.3, 0.4) is 0 Å². The highest BCUT2D eigenvalue weighted by molar-refractivity contribution is 6.30. The number of hydrogen-bond donors (Lipinski definition) is 1. The van der Waals surface area contributed by atoms with Crippen LogP contribution in [-0.4, -0.2) is 22.3 Å². The Morgan fingerprint density at radius 3 is 2.88 bits per heavy atom. The molecule has 0 bridgehead atoms. The molecule has 1 aliphatic heterocycles. The highest BCUT2D eigenvalue weighted by atomic mass is 35.5. The maximum absolute atomic E-state index is 12.4. The van der Waals surface area contributed by atoms with Gasteiger partial charge in [0, 0.05) is 28.5 Å². The van der Waals surface area contributed by atoms with Crippen LogP contribution in [0.15, 0.2) is 54.7 Å². The summed E-state index contributed by atoms with van der Waals surface area (Å²) in [5, 5.41) is 8.07. The Morgan fingerprint density at radius 1 is 1.23 bits per heavy atom. The zero-order valence-corrected chi connectivity index (χ0v) is 15.0. The lowest BCUT2D eigenvalue weighted by atomic mass is 9.87. The number of hydrogen-bond acceptors (Lipinski definition) is 3. The molecule has 0 aliphatic carbocycles. The van der Waals surface area contributed by atoms with Crippen LogP contribution in [0.4, 0.5) is 5.82 Å². The Morgan fingerprint density at radius 2 is 2.08 bits per heavy atom. The summed E-state index contributed by atoms with van der Waals surface area (Å²) in [6.45, 7) is 2.53. The third kappa shape index (κ3) is 2.95. The number of anilines is 1. The van der Waals surface area contributed by atoms with E-state index in [4.69, 9.17) is 16.3 Å². The van der Waals surface area contributed by atoms with Crippen molar-refractivity contribution in [3.63, 3.8) is 0 Å². The predicted molar refractivity (Wildman–Crippen MR) is 101 cm³/mol. The molecule has 1 N–H and O–H groups in total. The number of rotatable bonds is 4. The van der Waals surface area contributed by atoms with Gasteiger partial charge in [-0.3, -0.25) is 4.79 Å². The van der Waals surface area contributed by atoms with Crippen molar-refractivity contribution in [3.05, 3.63) is 70.9 Å². The SMILES string of the molecule is CCOc1ccccc1[C@H]1CC(=O)Nc2c1cnn2-c1cccc(Cl)c1. The van der Waals surface area contributed by atoms with Gasteiger partial charge in [0.25, 0.3) is 0 Å². The van der Waals surface area contributed by atoms with Gasteiger partial charge >= 0.3 is 0 Å². The Bertz CT molecular complexity index is 967. The minimum atomic E-state index is -0.102. The van der Waals surface area contributed by atoms with E-state index in [0.29, 0.717) is 23.9 Å². The molecular formula is C20H18ClN3O2. The van der Waals surface area contributed by atoms with Crippen LogP contribution in [0.1, 0.15) is 30.4 Å². The molecule has 0 saturated heterocycles. The Hall–Kier alpha value is -2.79. The Labute approximate surface area is 156 Å². The molecule has 0 radical (unpaired) electrons. The monoisotopic (exact) mass is 367 g/mol. The zero-order chi connectivity index (χ0) is 18.1. The van der Waals surface area contributed by atoms with Crippen molar-refractivity contribution < 1.29 is 9.53 Å². The fourth-order valence-corrected chi connectivity index (χ4v) is 3.54. The molecule has 0 unspecified atom stereocenters. The molecule has 4 rings (SSSR count). The summed E-state index contributed by atoms with van der Waals surface area (Å²) >= 11 is 6.11. The molecule has 1 aliphatic rings. The second-order valence-electron chi connectivity index (χ2n) is 6.12. The molecule has 2 heterocycles. The first-order valence-electron chi connectivity index (χ1n) is 8.52. The fourth-order valence-electron chi connectivity index (χ4n) is 3.36. The summed E-state index contributed by atoms with van der Waals surface area (Å²) in [4.78, 5) is 12.4. The zero-order valence-electron chi connectivity index (χ0n) is 14.3. The van der Waals surface area contributed by atoms with E-state index in [-0.39, 0.29) is 11.8 Å². The normalized spacial score (nSPS) is 16.1. The van der Waals surface area contributed by atoms with Gasteiger partial charge in [-0.2, -0.15) is 5.10 Å². The lowest BCUT2D eigenvalue weighted by molar-refractivity contribution is -0.116. The van der Waals surface area contributed by atoms with Gasteiger partial charge in [0.1, 0.15) is 11.6 Å². The molecule has 6 heteroatoms. The summed E-state index contributed by atoms with van der Waals surface area (Å²) in [5.74, 6) is 1.34. The Kier molecular flexibility index (Phi) is 4.39. The molecule has 3 aromatic rings. The highest BCUT2D eigenvalue weighted by Crippen LogP contribution is 2.41. The first kappa shape index (κ1) is 16.7. The van der Waals surface area contributed by atoms with Gasteiger partial charge in [-0.25, -0.2) is 4.68 Å². The van der Waals surface area contributed by atoms with Crippen LogP contribution in [0.2, 0.25) is 5.02 Å². The predicted octanol–water partition coefficient (Wildman–Crippen LogP) is 4.40. The van der Waals surface area contributed by atoms with E-state index in [2.05, 4.69) is 10.4 Å². The molecule has 132 valence electrons. The number of ether oxygens (including phenoxy) is 1. The van der Waals surface area contributed by atoms with Gasteiger partial charge in [-0.1, -0.05) is 35.9 Å². The molecule has 1 amide bonds. The number of amides is 1. The summed E-state index contributed by atoms with van der Waals surface area (Å²) in [5.41, 5.74) is 2.77. The van der Waals surface area contributed by atoms with Crippen LogP contribution in [0.25, 0.3) is 5.69 Å². The Balaban J connectivity index is 1.82. The van der Waals surface area contributed by atoms with Crippen molar-refractivity contribution >= 4 is 23.3 Å². The average molecular weight is 368 g/mol. The van der Waals surface area contributed by atoms with Crippen molar-refractivity contribution in [1.29, 1.82) is 0 Å². The van der Waals surface area contributed by atoms with Gasteiger partial charge in [-0.15, -0.1) is 0 Å². The molecule has 0 saturated carbocycles. The minimum absolute atomic E-state index is 0.0439. The number of aromatic nitrogens is 2. The number of halogens is 1. The van der Waals surface area contributed by atoms with E-state index in [1.807, 2.05) is 55.6 Å². The number of para-hydroxylation sites is 1. The summed E-state index contributed by atoms with van der Waals surface area (Å²) in [7, 11) is 0. The quantitative estimate of drug-likeness (QED) is 0.743. The van der Waals surface area contributed by atoms with Gasteiger partial charge in [0.2, 0.25) is 5.91 Å². The van der Waals surface area contributed by atoms with Gasteiger partial charge in [-0.05, 0) is 31.2 Å². The number of carbonyl (C=O) groups excluding carboxylic acids is 1. The molecule has 26 heavy (non-hydrogen) atoms. The van der Waals surface area contributed by atoms with E-state index < -0.39 is 0 Å². The van der Waals surface area contributed by atoms with E-state index in [0.717, 1.165) is 22.6 Å². The molecule has 5 nitrogen and oxygen atoms in total. The van der Waals surface area contributed by atoms with Gasteiger partial charge in [0.15, 0.2) is 0 Å². The second kappa shape index (κ2) is 6.84. The first-order valence-corrected chi connectivity index (χ1v) is 8.90. The van der Waals surface area contributed by atoms with E-state index >= 15 is 0 Å². The molecule has 0 spiro atoms. The molecule has 2 aromatic carbocycles. The number of nitrogens with zero attached hydrogens (tertiary/aromatic N) is 2. The minimum Gasteiger partial charge on any atom is -0.494 e. The lowest BCUT2D eigenvalue weighted by Crippen LogP contribution is -2.24. The van der Waals surface area contributed by atoms with Gasteiger partial charge in [0.05, 0.1) is 18.5 Å². The lowest BCUT2D eigenvalue weighted by Gasteiger charge is -2.25. The van der Waals surface area contributed by atoms with Gasteiger partial charge < -0.3 is 10.1 Å². The molecule has 1 atom stereocenters. The topological polar surface area (TPSA) is 56.1 Å². The standard InChI is InChI=1S/C20H18ClN3O2/c1-2-26-18-9-4-3-8-15(18)16-11-19(25)23-20-17(16)12-22-24(20)14-7-5-6-13(21)10-14/h3-10,12,16H,2,11H2,1H3,(H,23,25)/t16-/m1/s1. The van der Waals surface area contributed by atoms with E-state index in [9.17, 15) is 4.79 Å². The van der Waals surface area contributed by atoms with Crippen molar-refractivity contribution in [2.75, 3.05) is 11.9 Å². The fraction of sp³-hybridized carbons (Fsp3) is 0.200. The van der Waals surface area contributed by atoms with Crippen LogP contribution in [-0.2, 0) is 4.79 Å². The summed E-state index contributed by atoms with van der Waals surface area (Å²) in [6, 6.07) is 15.2. The maximum Gasteiger partial charge on any atom is 0.226 e. The van der Waals surface area contributed by atoms with E-state index in [1.54, 1.807) is 10.7 Å². The largest absolute Gasteiger partial charge is 0.494 e. The molecule has 1 aromatic heterocycles.